The number of hydrogen-bond acceptors (Lipinski definition) is 3. The predicted molar refractivity (Wildman–Crippen MR) is 77.8 cm³/mol. The molecule has 2 rings (SSSR count). The summed E-state index contributed by atoms with van der Waals surface area (Å²) in [4.78, 5) is 2.80. The first-order valence-electron chi connectivity index (χ1n) is 7.42. The molecule has 0 aromatic carbocycles. The van der Waals surface area contributed by atoms with Crippen LogP contribution in [0.3, 0.4) is 0 Å². The monoisotopic (exact) mass is 256 g/mol. The number of thioether (sulfide) groups is 1. The van der Waals surface area contributed by atoms with Gasteiger partial charge in [0.25, 0.3) is 0 Å². The highest BCUT2D eigenvalue weighted by Crippen LogP contribution is 2.23. The van der Waals surface area contributed by atoms with Crippen molar-refractivity contribution in [2.75, 3.05) is 37.7 Å². The summed E-state index contributed by atoms with van der Waals surface area (Å²) >= 11 is 2.16. The molecule has 3 heteroatoms. The number of hydrogen-bond donors (Lipinski definition) is 1. The average molecular weight is 256 g/mol. The van der Waals surface area contributed by atoms with Crippen LogP contribution in [0.25, 0.3) is 0 Å². The first-order chi connectivity index (χ1) is 8.40. The molecule has 1 N–H and O–H groups in total. The van der Waals surface area contributed by atoms with Gasteiger partial charge in [-0.1, -0.05) is 6.92 Å². The van der Waals surface area contributed by atoms with E-state index in [9.17, 15) is 0 Å². The van der Waals surface area contributed by atoms with Crippen LogP contribution in [0.5, 0.6) is 0 Å². The van der Waals surface area contributed by atoms with E-state index in [-0.39, 0.29) is 0 Å². The maximum absolute atomic E-state index is 3.55. The molecule has 2 atom stereocenters. The molecule has 0 saturated carbocycles. The fraction of sp³-hybridized carbons (Fsp3) is 1.00. The Kier molecular flexibility index (Phi) is 6.16. The van der Waals surface area contributed by atoms with Crippen LogP contribution in [0.4, 0.5) is 0 Å². The molecule has 2 saturated heterocycles. The van der Waals surface area contributed by atoms with Gasteiger partial charge < -0.3 is 5.32 Å². The van der Waals surface area contributed by atoms with E-state index in [1.807, 2.05) is 0 Å². The van der Waals surface area contributed by atoms with Gasteiger partial charge in [0, 0.05) is 18.3 Å². The first kappa shape index (κ1) is 13.7. The van der Waals surface area contributed by atoms with E-state index in [1.54, 1.807) is 0 Å². The normalized spacial score (nSPS) is 30.7. The zero-order chi connectivity index (χ0) is 11.9. The van der Waals surface area contributed by atoms with Gasteiger partial charge in [0.15, 0.2) is 0 Å². The summed E-state index contributed by atoms with van der Waals surface area (Å²) in [6.45, 7) is 7.46. The van der Waals surface area contributed by atoms with Gasteiger partial charge in [0.1, 0.15) is 0 Å². The van der Waals surface area contributed by atoms with Crippen LogP contribution in [-0.2, 0) is 0 Å². The Hall–Kier alpha value is 0.270. The van der Waals surface area contributed by atoms with Gasteiger partial charge in [-0.3, -0.25) is 4.90 Å². The van der Waals surface area contributed by atoms with Crippen molar-refractivity contribution in [2.24, 2.45) is 5.92 Å². The highest BCUT2D eigenvalue weighted by Gasteiger charge is 2.24. The average Bonchev–Trinajstić information content (AvgIpc) is 2.40. The van der Waals surface area contributed by atoms with E-state index in [2.05, 4.69) is 28.9 Å². The van der Waals surface area contributed by atoms with Crippen molar-refractivity contribution < 1.29 is 0 Å². The molecule has 2 nitrogen and oxygen atoms in total. The molecule has 2 aliphatic rings. The second-order valence-corrected chi connectivity index (χ2v) is 6.73. The molecule has 0 spiro atoms. The molecule has 17 heavy (non-hydrogen) atoms. The molecule has 0 aromatic rings. The van der Waals surface area contributed by atoms with Crippen LogP contribution < -0.4 is 5.32 Å². The molecule has 2 aliphatic heterocycles. The van der Waals surface area contributed by atoms with Gasteiger partial charge in [-0.05, 0) is 63.4 Å². The lowest BCUT2D eigenvalue weighted by molar-refractivity contribution is 0.156. The lowest BCUT2D eigenvalue weighted by atomic mass is 9.98. The van der Waals surface area contributed by atoms with Crippen molar-refractivity contribution >= 4 is 11.8 Å². The van der Waals surface area contributed by atoms with Gasteiger partial charge in [0.2, 0.25) is 0 Å². The van der Waals surface area contributed by atoms with Crippen LogP contribution >= 0.6 is 11.8 Å². The van der Waals surface area contributed by atoms with Crippen LogP contribution in [0.2, 0.25) is 0 Å². The van der Waals surface area contributed by atoms with Crippen molar-refractivity contribution in [1.82, 2.24) is 10.2 Å². The third-order valence-electron chi connectivity index (χ3n) is 4.06. The number of rotatable bonds is 5. The molecular formula is C14H28N2S. The summed E-state index contributed by atoms with van der Waals surface area (Å²) in [6.07, 6.45) is 6.99. The number of nitrogens with zero attached hydrogens (tertiary/aromatic N) is 1. The number of piperidine rings is 1. The van der Waals surface area contributed by atoms with E-state index in [0.29, 0.717) is 0 Å². The first-order valence-corrected chi connectivity index (χ1v) is 8.58. The Balaban J connectivity index is 1.81. The van der Waals surface area contributed by atoms with Crippen LogP contribution in [-0.4, -0.2) is 48.6 Å². The lowest BCUT2D eigenvalue weighted by Gasteiger charge is -2.37. The summed E-state index contributed by atoms with van der Waals surface area (Å²) < 4.78 is 0. The highest BCUT2D eigenvalue weighted by molar-refractivity contribution is 7.99. The summed E-state index contributed by atoms with van der Waals surface area (Å²) in [5.41, 5.74) is 0. The van der Waals surface area contributed by atoms with Crippen molar-refractivity contribution in [3.05, 3.63) is 0 Å². The standard InChI is InChI=1S/C14H28N2S/c1-2-8-16(14-6-4-9-17-12-14)11-13-5-3-7-15-10-13/h13-15H,2-12H2,1H3. The zero-order valence-electron chi connectivity index (χ0n) is 11.3. The minimum absolute atomic E-state index is 0.871. The van der Waals surface area contributed by atoms with Crippen LogP contribution in [0, 0.1) is 5.92 Å². The molecule has 0 bridgehead atoms. The summed E-state index contributed by atoms with van der Waals surface area (Å²) in [7, 11) is 0. The maximum Gasteiger partial charge on any atom is 0.0186 e. The Labute approximate surface area is 111 Å². The van der Waals surface area contributed by atoms with E-state index >= 15 is 0 Å². The predicted octanol–water partition coefficient (Wildman–Crippen LogP) is 2.59. The van der Waals surface area contributed by atoms with E-state index < -0.39 is 0 Å². The third-order valence-corrected chi connectivity index (χ3v) is 5.25. The van der Waals surface area contributed by atoms with E-state index in [1.165, 1.54) is 69.8 Å². The van der Waals surface area contributed by atoms with Gasteiger partial charge in [-0.2, -0.15) is 11.8 Å². The fourth-order valence-electron chi connectivity index (χ4n) is 3.13. The molecule has 100 valence electrons. The molecule has 0 amide bonds. The number of nitrogens with one attached hydrogen (secondary N) is 1. The Bertz CT molecular complexity index is 198. The maximum atomic E-state index is 3.55. The second kappa shape index (κ2) is 7.65. The van der Waals surface area contributed by atoms with Crippen LogP contribution in [0.1, 0.15) is 39.0 Å². The molecular weight excluding hydrogens is 228 g/mol. The van der Waals surface area contributed by atoms with Crippen molar-refractivity contribution in [3.63, 3.8) is 0 Å². The molecule has 0 aliphatic carbocycles. The van der Waals surface area contributed by atoms with Crippen molar-refractivity contribution in [3.8, 4) is 0 Å². The van der Waals surface area contributed by atoms with Gasteiger partial charge in [-0.25, -0.2) is 0 Å². The summed E-state index contributed by atoms with van der Waals surface area (Å²) in [6, 6.07) is 0.871. The van der Waals surface area contributed by atoms with Crippen molar-refractivity contribution in [2.45, 2.75) is 45.1 Å². The van der Waals surface area contributed by atoms with Crippen molar-refractivity contribution in [1.29, 1.82) is 0 Å². The van der Waals surface area contributed by atoms with E-state index in [4.69, 9.17) is 0 Å². The fourth-order valence-corrected chi connectivity index (χ4v) is 4.32. The second-order valence-electron chi connectivity index (χ2n) is 5.58. The largest absolute Gasteiger partial charge is 0.316 e. The highest BCUT2D eigenvalue weighted by atomic mass is 32.2. The quantitative estimate of drug-likeness (QED) is 0.814. The molecule has 0 aromatic heterocycles. The van der Waals surface area contributed by atoms with Gasteiger partial charge in [-0.15, -0.1) is 0 Å². The molecule has 2 unspecified atom stereocenters. The lowest BCUT2D eigenvalue weighted by Crippen LogP contribution is -2.45. The Morgan fingerprint density at radius 3 is 2.88 bits per heavy atom. The van der Waals surface area contributed by atoms with Gasteiger partial charge >= 0.3 is 0 Å². The smallest absolute Gasteiger partial charge is 0.0186 e. The minimum Gasteiger partial charge on any atom is -0.316 e. The summed E-state index contributed by atoms with van der Waals surface area (Å²) in [5, 5.41) is 3.55. The topological polar surface area (TPSA) is 15.3 Å². The zero-order valence-corrected chi connectivity index (χ0v) is 12.1. The molecule has 2 fully saturated rings. The summed E-state index contributed by atoms with van der Waals surface area (Å²) in [5.74, 6) is 3.67. The SMILES string of the molecule is CCCN(CC1CCCNC1)C1CCCSC1. The van der Waals surface area contributed by atoms with Crippen LogP contribution in [0.15, 0.2) is 0 Å². The van der Waals surface area contributed by atoms with E-state index in [0.717, 1.165) is 12.0 Å². The molecule has 2 heterocycles. The Morgan fingerprint density at radius 1 is 1.29 bits per heavy atom. The van der Waals surface area contributed by atoms with Gasteiger partial charge in [0.05, 0.1) is 0 Å². The Morgan fingerprint density at radius 2 is 2.24 bits per heavy atom. The molecule has 0 radical (unpaired) electrons. The third kappa shape index (κ3) is 4.46. The minimum atomic E-state index is 0.871.